The number of pyridine rings is 1. The normalized spacial score (nSPS) is 10.5. The molecule has 5 heteroatoms. The van der Waals surface area contributed by atoms with Gasteiger partial charge in [0.15, 0.2) is 0 Å². The van der Waals surface area contributed by atoms with E-state index in [0.717, 1.165) is 5.56 Å². The molecule has 5 nitrogen and oxygen atoms in total. The van der Waals surface area contributed by atoms with Crippen LogP contribution in [0.15, 0.2) is 36.4 Å². The maximum Gasteiger partial charge on any atom is 0.267 e. The van der Waals surface area contributed by atoms with Gasteiger partial charge in [0.1, 0.15) is 5.69 Å². The monoisotopic (exact) mass is 296 g/mol. The van der Waals surface area contributed by atoms with E-state index >= 15 is 0 Å². The first-order valence-corrected chi connectivity index (χ1v) is 7.04. The van der Waals surface area contributed by atoms with E-state index in [1.165, 1.54) is 0 Å². The molecule has 1 aromatic heterocycles. The SMILES string of the molecule is CC(C)CNC(=O)c1ccc(-c2cc[c]c(C(N)=O)n2)cc1. The first-order valence-electron chi connectivity index (χ1n) is 7.04. The smallest absolute Gasteiger partial charge is 0.267 e. The van der Waals surface area contributed by atoms with Crippen LogP contribution < -0.4 is 11.1 Å². The van der Waals surface area contributed by atoms with Crippen molar-refractivity contribution in [3.05, 3.63) is 53.7 Å². The number of nitrogens with one attached hydrogen (secondary N) is 1. The van der Waals surface area contributed by atoms with E-state index in [-0.39, 0.29) is 11.6 Å². The van der Waals surface area contributed by atoms with Gasteiger partial charge in [0.25, 0.3) is 11.8 Å². The summed E-state index contributed by atoms with van der Waals surface area (Å²) < 4.78 is 0. The van der Waals surface area contributed by atoms with Gasteiger partial charge in [-0.15, -0.1) is 0 Å². The molecular weight excluding hydrogens is 278 g/mol. The molecule has 0 spiro atoms. The molecule has 0 bridgehead atoms. The summed E-state index contributed by atoms with van der Waals surface area (Å²) >= 11 is 0. The highest BCUT2D eigenvalue weighted by Crippen LogP contribution is 2.17. The zero-order valence-electron chi connectivity index (χ0n) is 12.6. The van der Waals surface area contributed by atoms with Crippen molar-refractivity contribution in [1.82, 2.24) is 10.3 Å². The highest BCUT2D eigenvalue weighted by Gasteiger charge is 2.08. The van der Waals surface area contributed by atoms with Gasteiger partial charge in [-0.2, -0.15) is 0 Å². The fourth-order valence-corrected chi connectivity index (χ4v) is 1.87. The summed E-state index contributed by atoms with van der Waals surface area (Å²) in [7, 11) is 0. The Morgan fingerprint density at radius 1 is 1.23 bits per heavy atom. The van der Waals surface area contributed by atoms with Crippen molar-refractivity contribution in [3.63, 3.8) is 0 Å². The molecule has 0 aliphatic rings. The Balaban J connectivity index is 2.16. The topological polar surface area (TPSA) is 85.1 Å². The maximum absolute atomic E-state index is 11.9. The van der Waals surface area contributed by atoms with Crippen LogP contribution in [0.4, 0.5) is 0 Å². The summed E-state index contributed by atoms with van der Waals surface area (Å²) in [5.41, 5.74) is 7.29. The number of nitrogens with two attached hydrogens (primary N) is 1. The largest absolute Gasteiger partial charge is 0.364 e. The van der Waals surface area contributed by atoms with E-state index in [2.05, 4.69) is 16.4 Å². The summed E-state index contributed by atoms with van der Waals surface area (Å²) in [6, 6.07) is 13.1. The number of primary amides is 1. The third-order valence-corrected chi connectivity index (χ3v) is 3.04. The Kier molecular flexibility index (Phi) is 4.88. The number of rotatable bonds is 5. The van der Waals surface area contributed by atoms with E-state index in [0.29, 0.717) is 23.7 Å². The summed E-state index contributed by atoms with van der Waals surface area (Å²) in [5.74, 6) is -0.320. The number of carbonyl (C=O) groups is 2. The van der Waals surface area contributed by atoms with Gasteiger partial charge in [-0.25, -0.2) is 4.98 Å². The number of nitrogens with zero attached hydrogens (tertiary/aromatic N) is 1. The minimum Gasteiger partial charge on any atom is -0.364 e. The molecule has 1 aromatic carbocycles. The minimum absolute atomic E-state index is 0.0938. The van der Waals surface area contributed by atoms with Crippen molar-refractivity contribution in [2.24, 2.45) is 11.7 Å². The molecule has 1 heterocycles. The van der Waals surface area contributed by atoms with Gasteiger partial charge >= 0.3 is 0 Å². The standard InChI is InChI=1S/C17H18N3O2/c1-11(2)10-19-17(22)13-8-6-12(7-9-13)14-4-3-5-15(20-14)16(18)21/h3-4,6-9,11H,10H2,1-2H3,(H2,18,21)(H,19,22). The molecule has 0 aliphatic carbocycles. The molecule has 2 amide bonds. The van der Waals surface area contributed by atoms with E-state index < -0.39 is 5.91 Å². The Bertz CT molecular complexity index is 679. The molecule has 0 saturated heterocycles. The van der Waals surface area contributed by atoms with Crippen LogP contribution in [0.3, 0.4) is 0 Å². The summed E-state index contributed by atoms with van der Waals surface area (Å²) in [5, 5.41) is 2.86. The van der Waals surface area contributed by atoms with Crippen LogP contribution in [0.25, 0.3) is 11.3 Å². The minimum atomic E-state index is -0.619. The van der Waals surface area contributed by atoms with Crippen molar-refractivity contribution < 1.29 is 9.59 Å². The third kappa shape index (κ3) is 3.91. The van der Waals surface area contributed by atoms with Crippen LogP contribution >= 0.6 is 0 Å². The van der Waals surface area contributed by atoms with Gasteiger partial charge in [0.2, 0.25) is 0 Å². The lowest BCUT2D eigenvalue weighted by Gasteiger charge is -2.08. The number of aromatic nitrogens is 1. The summed E-state index contributed by atoms with van der Waals surface area (Å²) in [6.45, 7) is 4.72. The molecule has 0 unspecified atom stereocenters. The van der Waals surface area contributed by atoms with Crippen molar-refractivity contribution in [2.75, 3.05) is 6.54 Å². The lowest BCUT2D eigenvalue weighted by atomic mass is 10.1. The van der Waals surface area contributed by atoms with Crippen LogP contribution in [0.5, 0.6) is 0 Å². The summed E-state index contributed by atoms with van der Waals surface area (Å²) in [4.78, 5) is 27.2. The molecular formula is C17H18N3O2. The number of benzene rings is 1. The molecule has 2 aromatic rings. The third-order valence-electron chi connectivity index (χ3n) is 3.04. The van der Waals surface area contributed by atoms with Gasteiger partial charge in [0, 0.05) is 23.7 Å². The highest BCUT2D eigenvalue weighted by molar-refractivity contribution is 5.94. The average Bonchev–Trinajstić information content (AvgIpc) is 2.53. The lowest BCUT2D eigenvalue weighted by molar-refractivity contribution is 0.0947. The van der Waals surface area contributed by atoms with E-state index in [9.17, 15) is 9.59 Å². The van der Waals surface area contributed by atoms with Gasteiger partial charge < -0.3 is 11.1 Å². The van der Waals surface area contributed by atoms with E-state index in [4.69, 9.17) is 5.73 Å². The summed E-state index contributed by atoms with van der Waals surface area (Å²) in [6.07, 6.45) is 0. The highest BCUT2D eigenvalue weighted by atomic mass is 16.2. The number of amides is 2. The Hall–Kier alpha value is -2.69. The predicted molar refractivity (Wildman–Crippen MR) is 84.2 cm³/mol. The van der Waals surface area contributed by atoms with Crippen LogP contribution in [-0.2, 0) is 0 Å². The second-order valence-corrected chi connectivity index (χ2v) is 5.37. The second kappa shape index (κ2) is 6.85. The molecule has 2 rings (SSSR count). The molecule has 113 valence electrons. The van der Waals surface area contributed by atoms with Gasteiger partial charge in [-0.05, 0) is 30.2 Å². The first-order chi connectivity index (χ1) is 10.5. The van der Waals surface area contributed by atoms with Crippen LogP contribution in [0.2, 0.25) is 0 Å². The zero-order valence-corrected chi connectivity index (χ0v) is 12.6. The number of hydrogen-bond donors (Lipinski definition) is 2. The first kappa shape index (κ1) is 15.7. The van der Waals surface area contributed by atoms with Crippen molar-refractivity contribution in [1.29, 1.82) is 0 Å². The van der Waals surface area contributed by atoms with Gasteiger partial charge in [0.05, 0.1) is 5.69 Å². The van der Waals surface area contributed by atoms with Gasteiger partial charge in [-0.3, -0.25) is 9.59 Å². The molecule has 0 saturated carbocycles. The fourth-order valence-electron chi connectivity index (χ4n) is 1.87. The molecule has 0 atom stereocenters. The fraction of sp³-hybridized carbons (Fsp3) is 0.235. The Morgan fingerprint density at radius 3 is 2.50 bits per heavy atom. The van der Waals surface area contributed by atoms with E-state index in [1.807, 2.05) is 13.8 Å². The zero-order chi connectivity index (χ0) is 16.1. The Morgan fingerprint density at radius 2 is 1.91 bits per heavy atom. The molecule has 3 N–H and O–H groups in total. The second-order valence-electron chi connectivity index (χ2n) is 5.37. The molecule has 1 radical (unpaired) electrons. The average molecular weight is 296 g/mol. The van der Waals surface area contributed by atoms with Gasteiger partial charge in [-0.1, -0.05) is 26.0 Å². The van der Waals surface area contributed by atoms with Crippen molar-refractivity contribution >= 4 is 11.8 Å². The number of carbonyl (C=O) groups excluding carboxylic acids is 2. The molecule has 22 heavy (non-hydrogen) atoms. The maximum atomic E-state index is 11.9. The van der Waals surface area contributed by atoms with Crippen molar-refractivity contribution in [3.8, 4) is 11.3 Å². The van der Waals surface area contributed by atoms with E-state index in [1.54, 1.807) is 36.4 Å². The quantitative estimate of drug-likeness (QED) is 0.885. The van der Waals surface area contributed by atoms with Crippen molar-refractivity contribution in [2.45, 2.75) is 13.8 Å². The molecule has 0 fully saturated rings. The predicted octanol–water partition coefficient (Wildman–Crippen LogP) is 2.03. The molecule has 0 aliphatic heterocycles. The van der Waals surface area contributed by atoms with Crippen LogP contribution in [0, 0.1) is 12.0 Å². The lowest BCUT2D eigenvalue weighted by Crippen LogP contribution is -2.27. The van der Waals surface area contributed by atoms with Crippen LogP contribution in [0.1, 0.15) is 34.7 Å². The van der Waals surface area contributed by atoms with Crippen LogP contribution in [-0.4, -0.2) is 23.3 Å². The Labute approximate surface area is 129 Å². The number of hydrogen-bond acceptors (Lipinski definition) is 3.